The molecule has 0 saturated heterocycles. The van der Waals surface area contributed by atoms with Crippen molar-refractivity contribution in [1.29, 1.82) is 0 Å². The van der Waals surface area contributed by atoms with E-state index in [0.29, 0.717) is 12.2 Å². The monoisotopic (exact) mass is 522 g/mol. The quantitative estimate of drug-likeness (QED) is 0.370. The maximum Gasteiger partial charge on any atom is 0.243 e. The van der Waals surface area contributed by atoms with E-state index in [1.54, 1.807) is 18.1 Å². The molecular weight excluding hydrogens is 491 g/mol. The number of carbonyl (C=O) groups excluding carboxylic acids is 2. The van der Waals surface area contributed by atoms with Crippen LogP contribution in [0.25, 0.3) is 0 Å². The summed E-state index contributed by atoms with van der Waals surface area (Å²) < 4.78 is 20.0. The van der Waals surface area contributed by atoms with E-state index in [-0.39, 0.29) is 41.4 Å². The number of nitrogens with one attached hydrogen (secondary N) is 1. The van der Waals surface area contributed by atoms with Crippen LogP contribution in [0.2, 0.25) is 5.02 Å². The van der Waals surface area contributed by atoms with Crippen LogP contribution in [0.4, 0.5) is 4.39 Å². The summed E-state index contributed by atoms with van der Waals surface area (Å²) in [6.45, 7) is 0.164. The van der Waals surface area contributed by atoms with Crippen LogP contribution in [-0.4, -0.2) is 35.9 Å². The lowest BCUT2D eigenvalue weighted by Crippen LogP contribution is -2.52. The van der Waals surface area contributed by atoms with E-state index in [0.717, 1.165) is 36.8 Å². The molecule has 0 heterocycles. The van der Waals surface area contributed by atoms with Crippen LogP contribution in [-0.2, 0) is 29.0 Å². The molecule has 4 rings (SSSR count). The highest BCUT2D eigenvalue weighted by atomic mass is 35.5. The number of halogens is 2. The standard InChI is InChI=1S/C30H32ClFN2O3/c1-37-24-14-7-11-22(17-24)20-34(29(35)19-25-26(31)15-8-16-27(25)32)28(18-21-9-3-2-4-10-21)30(36)33-23-12-5-6-13-23/h2-4,7-11,14-17,23,28H,5-6,12-13,18-20H2,1H3,(H,33,36)/t28-/m1/s1. The van der Waals surface area contributed by atoms with Gasteiger partial charge in [-0.3, -0.25) is 9.59 Å². The Balaban J connectivity index is 1.70. The fourth-order valence-electron chi connectivity index (χ4n) is 4.84. The number of benzene rings is 3. The number of hydrogen-bond donors (Lipinski definition) is 1. The normalized spacial score (nSPS) is 14.2. The Morgan fingerprint density at radius 1 is 1.03 bits per heavy atom. The average Bonchev–Trinajstić information content (AvgIpc) is 3.42. The molecule has 194 valence electrons. The Labute approximate surface area is 222 Å². The van der Waals surface area contributed by atoms with Gasteiger partial charge >= 0.3 is 0 Å². The second kappa shape index (κ2) is 12.7. The van der Waals surface area contributed by atoms with Crippen molar-refractivity contribution in [2.75, 3.05) is 7.11 Å². The minimum atomic E-state index is -0.785. The molecule has 1 aliphatic rings. The fourth-order valence-corrected chi connectivity index (χ4v) is 5.07. The summed E-state index contributed by atoms with van der Waals surface area (Å²) in [5.41, 5.74) is 1.86. The van der Waals surface area contributed by atoms with Crippen LogP contribution in [0.15, 0.2) is 72.8 Å². The molecule has 0 unspecified atom stereocenters. The van der Waals surface area contributed by atoms with E-state index in [1.165, 1.54) is 12.1 Å². The molecule has 0 aromatic heterocycles. The van der Waals surface area contributed by atoms with Crippen LogP contribution in [0.5, 0.6) is 5.75 Å². The summed E-state index contributed by atoms with van der Waals surface area (Å²) in [4.78, 5) is 29.1. The highest BCUT2D eigenvalue weighted by molar-refractivity contribution is 6.31. The van der Waals surface area contributed by atoms with Gasteiger partial charge < -0.3 is 15.0 Å². The van der Waals surface area contributed by atoms with Gasteiger partial charge in [0.25, 0.3) is 0 Å². The van der Waals surface area contributed by atoms with E-state index >= 15 is 0 Å². The summed E-state index contributed by atoms with van der Waals surface area (Å²) in [7, 11) is 1.58. The number of ether oxygens (including phenoxy) is 1. The second-order valence-electron chi connectivity index (χ2n) is 9.45. The van der Waals surface area contributed by atoms with Gasteiger partial charge in [0, 0.05) is 29.6 Å². The smallest absolute Gasteiger partial charge is 0.243 e. The fraction of sp³-hybridized carbons (Fsp3) is 0.333. The maximum atomic E-state index is 14.6. The largest absolute Gasteiger partial charge is 0.497 e. The van der Waals surface area contributed by atoms with Gasteiger partial charge in [-0.15, -0.1) is 0 Å². The molecule has 0 aliphatic heterocycles. The van der Waals surface area contributed by atoms with Crippen LogP contribution >= 0.6 is 11.6 Å². The van der Waals surface area contributed by atoms with Crippen molar-refractivity contribution in [1.82, 2.24) is 10.2 Å². The van der Waals surface area contributed by atoms with Gasteiger partial charge in [0.1, 0.15) is 17.6 Å². The number of nitrogens with zero attached hydrogens (tertiary/aromatic N) is 1. The van der Waals surface area contributed by atoms with Crippen molar-refractivity contribution in [3.63, 3.8) is 0 Å². The van der Waals surface area contributed by atoms with Gasteiger partial charge in [-0.2, -0.15) is 0 Å². The molecule has 2 amide bonds. The Morgan fingerprint density at radius 2 is 1.73 bits per heavy atom. The van der Waals surface area contributed by atoms with E-state index in [1.807, 2.05) is 54.6 Å². The highest BCUT2D eigenvalue weighted by Gasteiger charge is 2.32. The number of carbonyl (C=O) groups is 2. The van der Waals surface area contributed by atoms with Crippen LogP contribution in [0.3, 0.4) is 0 Å². The first kappa shape index (κ1) is 26.7. The van der Waals surface area contributed by atoms with Gasteiger partial charge in [0.2, 0.25) is 11.8 Å². The molecule has 1 fully saturated rings. The van der Waals surface area contributed by atoms with E-state index in [9.17, 15) is 14.0 Å². The molecule has 0 spiro atoms. The van der Waals surface area contributed by atoms with Crippen LogP contribution in [0.1, 0.15) is 42.4 Å². The molecule has 3 aromatic carbocycles. The highest BCUT2D eigenvalue weighted by Crippen LogP contribution is 2.24. The number of hydrogen-bond acceptors (Lipinski definition) is 3. The van der Waals surface area contributed by atoms with Crippen molar-refractivity contribution in [2.24, 2.45) is 0 Å². The van der Waals surface area contributed by atoms with Gasteiger partial charge in [0.05, 0.1) is 13.5 Å². The van der Waals surface area contributed by atoms with E-state index in [2.05, 4.69) is 5.32 Å². The molecule has 1 atom stereocenters. The first-order valence-electron chi connectivity index (χ1n) is 12.6. The predicted octanol–water partition coefficient (Wildman–Crippen LogP) is 5.73. The summed E-state index contributed by atoms with van der Waals surface area (Å²) in [6, 6.07) is 20.7. The zero-order valence-corrected chi connectivity index (χ0v) is 21.7. The molecule has 1 saturated carbocycles. The van der Waals surface area contributed by atoms with Crippen LogP contribution < -0.4 is 10.1 Å². The maximum absolute atomic E-state index is 14.6. The van der Waals surface area contributed by atoms with Gasteiger partial charge in [-0.25, -0.2) is 4.39 Å². The van der Waals surface area contributed by atoms with Crippen molar-refractivity contribution in [3.05, 3.63) is 100 Å². The third-order valence-corrected chi connectivity index (χ3v) is 7.20. The Bertz CT molecular complexity index is 1190. The molecule has 3 aromatic rings. The minimum Gasteiger partial charge on any atom is -0.497 e. The average molecular weight is 523 g/mol. The molecular formula is C30H32ClFN2O3. The predicted molar refractivity (Wildman–Crippen MR) is 143 cm³/mol. The Morgan fingerprint density at radius 3 is 2.43 bits per heavy atom. The SMILES string of the molecule is COc1cccc(CN(C(=O)Cc2c(F)cccc2Cl)[C@H](Cc2ccccc2)C(=O)NC2CCCC2)c1. The topological polar surface area (TPSA) is 58.6 Å². The molecule has 0 radical (unpaired) electrons. The van der Waals surface area contributed by atoms with Gasteiger partial charge in [-0.1, -0.05) is 73.0 Å². The third-order valence-electron chi connectivity index (χ3n) is 6.85. The van der Waals surface area contributed by atoms with E-state index in [4.69, 9.17) is 16.3 Å². The molecule has 7 heteroatoms. The zero-order chi connectivity index (χ0) is 26.2. The summed E-state index contributed by atoms with van der Waals surface area (Å²) in [5.74, 6) is -0.474. The lowest BCUT2D eigenvalue weighted by atomic mass is 10.0. The van der Waals surface area contributed by atoms with E-state index < -0.39 is 11.9 Å². The molecule has 1 N–H and O–H groups in total. The lowest BCUT2D eigenvalue weighted by Gasteiger charge is -2.32. The Hall–Kier alpha value is -3.38. The van der Waals surface area contributed by atoms with Crippen molar-refractivity contribution in [3.8, 4) is 5.75 Å². The number of rotatable bonds is 10. The molecule has 5 nitrogen and oxygen atoms in total. The van der Waals surface area contributed by atoms with Crippen molar-refractivity contribution in [2.45, 2.75) is 57.2 Å². The van der Waals surface area contributed by atoms with Crippen molar-refractivity contribution < 1.29 is 18.7 Å². The Kier molecular flexibility index (Phi) is 9.18. The molecule has 1 aliphatic carbocycles. The first-order valence-corrected chi connectivity index (χ1v) is 13.0. The summed E-state index contributed by atoms with van der Waals surface area (Å²) in [6.07, 6.45) is 4.09. The van der Waals surface area contributed by atoms with Gasteiger partial charge in [0.15, 0.2) is 0 Å². The minimum absolute atomic E-state index is 0.0977. The molecule has 0 bridgehead atoms. The summed E-state index contributed by atoms with van der Waals surface area (Å²) >= 11 is 6.26. The summed E-state index contributed by atoms with van der Waals surface area (Å²) in [5, 5.41) is 3.36. The number of amides is 2. The molecule has 37 heavy (non-hydrogen) atoms. The second-order valence-corrected chi connectivity index (χ2v) is 9.85. The first-order chi connectivity index (χ1) is 17.9. The zero-order valence-electron chi connectivity index (χ0n) is 21.0. The lowest BCUT2D eigenvalue weighted by molar-refractivity contribution is -0.141. The third kappa shape index (κ3) is 7.10. The van der Waals surface area contributed by atoms with Gasteiger partial charge in [-0.05, 0) is 48.2 Å². The van der Waals surface area contributed by atoms with Crippen LogP contribution in [0, 0.1) is 5.82 Å². The number of methoxy groups -OCH3 is 1. The van der Waals surface area contributed by atoms with Crippen molar-refractivity contribution >= 4 is 23.4 Å².